The van der Waals surface area contributed by atoms with Gasteiger partial charge >= 0.3 is 0 Å². The third kappa shape index (κ3) is 2.39. The van der Waals surface area contributed by atoms with Gasteiger partial charge < -0.3 is 10.2 Å². The number of halogens is 3. The quantitative estimate of drug-likeness (QED) is 0.816. The molecular weight excluding hydrogens is 361 g/mol. The summed E-state index contributed by atoms with van der Waals surface area (Å²) < 4.78 is 0.996. The number of pyridine rings is 1. The number of rotatable bonds is 1. The fraction of sp³-hybridized carbons (Fsp3) is 0.357. The molecule has 0 aliphatic carbocycles. The highest BCUT2D eigenvalue weighted by Crippen LogP contribution is 2.41. The van der Waals surface area contributed by atoms with E-state index in [-0.39, 0.29) is 0 Å². The maximum atomic E-state index is 6.42. The molecule has 2 aromatic rings. The first-order valence-electron chi connectivity index (χ1n) is 6.49. The molecule has 0 saturated carbocycles. The Hall–Kier alpha value is -0.550. The summed E-state index contributed by atoms with van der Waals surface area (Å²) in [6.45, 7) is 5.80. The Balaban J connectivity index is 2.32. The smallest absolute Gasteiger partial charge is 0.0928 e. The van der Waals surface area contributed by atoms with E-state index in [1.807, 2.05) is 13.0 Å². The van der Waals surface area contributed by atoms with Crippen LogP contribution >= 0.6 is 39.1 Å². The van der Waals surface area contributed by atoms with E-state index in [1.165, 1.54) is 0 Å². The Kier molecular flexibility index (Phi) is 4.09. The molecule has 6 heteroatoms. The summed E-state index contributed by atoms with van der Waals surface area (Å²) in [5, 5.41) is 5.61. The maximum Gasteiger partial charge on any atom is 0.0928 e. The number of aromatic nitrogens is 1. The van der Waals surface area contributed by atoms with Crippen molar-refractivity contribution < 1.29 is 0 Å². The Bertz CT molecular complexity index is 669. The molecule has 1 aliphatic heterocycles. The zero-order valence-corrected chi connectivity index (χ0v) is 14.1. The van der Waals surface area contributed by atoms with Crippen molar-refractivity contribution in [3.8, 4) is 0 Å². The third-order valence-corrected chi connectivity index (χ3v) is 5.12. The molecule has 1 aromatic carbocycles. The van der Waals surface area contributed by atoms with Crippen LogP contribution in [0, 0.1) is 6.92 Å². The highest BCUT2D eigenvalue weighted by atomic mass is 79.9. The van der Waals surface area contributed by atoms with E-state index in [4.69, 9.17) is 23.2 Å². The van der Waals surface area contributed by atoms with E-state index in [9.17, 15) is 0 Å². The van der Waals surface area contributed by atoms with E-state index >= 15 is 0 Å². The van der Waals surface area contributed by atoms with Crippen LogP contribution in [-0.4, -0.2) is 31.2 Å². The van der Waals surface area contributed by atoms with Crippen LogP contribution in [0.15, 0.2) is 16.6 Å². The van der Waals surface area contributed by atoms with Crippen LogP contribution in [0.4, 0.5) is 5.69 Å². The summed E-state index contributed by atoms with van der Waals surface area (Å²) in [6.07, 6.45) is 0. The predicted molar refractivity (Wildman–Crippen MR) is 89.3 cm³/mol. The molecule has 1 fully saturated rings. The molecule has 0 bridgehead atoms. The fourth-order valence-electron chi connectivity index (χ4n) is 2.56. The Morgan fingerprint density at radius 3 is 2.55 bits per heavy atom. The predicted octanol–water partition coefficient (Wildman–Crippen LogP) is 4.02. The summed E-state index contributed by atoms with van der Waals surface area (Å²) >= 11 is 16.4. The Morgan fingerprint density at radius 1 is 1.20 bits per heavy atom. The van der Waals surface area contributed by atoms with E-state index in [1.54, 1.807) is 6.07 Å². The van der Waals surface area contributed by atoms with Gasteiger partial charge in [-0.05, 0) is 35.0 Å². The molecule has 106 valence electrons. The average molecular weight is 375 g/mol. The molecule has 0 atom stereocenters. The van der Waals surface area contributed by atoms with Gasteiger partial charge in [-0.25, -0.2) is 0 Å². The summed E-state index contributed by atoms with van der Waals surface area (Å²) in [5.41, 5.74) is 2.80. The number of piperazine rings is 1. The molecule has 1 N–H and O–H groups in total. The Morgan fingerprint density at radius 2 is 1.85 bits per heavy atom. The largest absolute Gasteiger partial charge is 0.367 e. The van der Waals surface area contributed by atoms with Crippen LogP contribution in [0.2, 0.25) is 10.0 Å². The van der Waals surface area contributed by atoms with Crippen molar-refractivity contribution in [2.45, 2.75) is 6.92 Å². The van der Waals surface area contributed by atoms with Crippen LogP contribution in [0.5, 0.6) is 0 Å². The number of nitrogens with one attached hydrogen (secondary N) is 1. The van der Waals surface area contributed by atoms with E-state index in [0.717, 1.165) is 52.9 Å². The minimum absolute atomic E-state index is 0.636. The second kappa shape index (κ2) is 5.68. The lowest BCUT2D eigenvalue weighted by Crippen LogP contribution is -2.43. The lowest BCUT2D eigenvalue weighted by Gasteiger charge is -2.32. The number of hydrogen-bond acceptors (Lipinski definition) is 3. The summed E-state index contributed by atoms with van der Waals surface area (Å²) in [5.74, 6) is 0. The van der Waals surface area contributed by atoms with Gasteiger partial charge in [0.1, 0.15) is 0 Å². The highest BCUT2D eigenvalue weighted by molar-refractivity contribution is 9.10. The molecule has 0 spiro atoms. The lowest BCUT2D eigenvalue weighted by molar-refractivity contribution is 0.589. The SMILES string of the molecule is Cc1nc2c(Cl)ccc(Cl)c2c(N2CCNCC2)c1Br. The van der Waals surface area contributed by atoms with E-state index < -0.39 is 0 Å². The molecule has 1 aliphatic rings. The number of benzene rings is 1. The number of fused-ring (bicyclic) bond motifs is 1. The molecular formula is C14H14BrCl2N3. The first kappa shape index (κ1) is 14.4. The minimum atomic E-state index is 0.636. The van der Waals surface area contributed by atoms with Gasteiger partial charge in [-0.2, -0.15) is 0 Å². The van der Waals surface area contributed by atoms with Crippen molar-refractivity contribution in [2.24, 2.45) is 0 Å². The fourth-order valence-corrected chi connectivity index (χ4v) is 3.54. The zero-order valence-electron chi connectivity index (χ0n) is 11.0. The van der Waals surface area contributed by atoms with Crippen LogP contribution in [0.3, 0.4) is 0 Å². The normalized spacial score (nSPS) is 15.9. The molecule has 3 rings (SSSR count). The van der Waals surface area contributed by atoms with Crippen molar-refractivity contribution >= 4 is 55.7 Å². The number of hydrogen-bond donors (Lipinski definition) is 1. The van der Waals surface area contributed by atoms with Gasteiger partial charge in [0, 0.05) is 31.6 Å². The topological polar surface area (TPSA) is 28.2 Å². The molecule has 0 unspecified atom stereocenters. The van der Waals surface area contributed by atoms with Gasteiger partial charge in [0.25, 0.3) is 0 Å². The summed E-state index contributed by atoms with van der Waals surface area (Å²) in [7, 11) is 0. The van der Waals surface area contributed by atoms with Crippen molar-refractivity contribution in [1.29, 1.82) is 0 Å². The van der Waals surface area contributed by atoms with Gasteiger partial charge in [-0.3, -0.25) is 4.98 Å². The molecule has 0 amide bonds. The highest BCUT2D eigenvalue weighted by Gasteiger charge is 2.21. The second-order valence-electron chi connectivity index (χ2n) is 4.85. The van der Waals surface area contributed by atoms with E-state index in [0.29, 0.717) is 10.0 Å². The van der Waals surface area contributed by atoms with Crippen molar-refractivity contribution in [3.05, 3.63) is 32.3 Å². The number of anilines is 1. The molecule has 20 heavy (non-hydrogen) atoms. The van der Waals surface area contributed by atoms with Crippen LogP contribution in [0.1, 0.15) is 5.69 Å². The number of aryl methyl sites for hydroxylation is 1. The molecule has 2 heterocycles. The first-order valence-corrected chi connectivity index (χ1v) is 8.04. The van der Waals surface area contributed by atoms with Gasteiger partial charge in [0.05, 0.1) is 31.4 Å². The standard InChI is InChI=1S/C14H14BrCl2N3/c1-8-12(15)14(20-6-4-18-5-7-20)11-9(16)2-3-10(17)13(11)19-8/h2-3,18H,4-7H2,1H3. The van der Waals surface area contributed by atoms with Crippen LogP contribution in [-0.2, 0) is 0 Å². The van der Waals surface area contributed by atoms with Crippen molar-refractivity contribution in [2.75, 3.05) is 31.1 Å². The van der Waals surface area contributed by atoms with E-state index in [2.05, 4.69) is 31.1 Å². The molecule has 1 saturated heterocycles. The van der Waals surface area contributed by atoms with Crippen LogP contribution < -0.4 is 10.2 Å². The summed E-state index contributed by atoms with van der Waals surface area (Å²) in [6, 6.07) is 3.63. The van der Waals surface area contributed by atoms with Crippen molar-refractivity contribution in [3.63, 3.8) is 0 Å². The van der Waals surface area contributed by atoms with Gasteiger partial charge in [-0.1, -0.05) is 23.2 Å². The monoisotopic (exact) mass is 373 g/mol. The van der Waals surface area contributed by atoms with Crippen LogP contribution in [0.25, 0.3) is 10.9 Å². The lowest BCUT2D eigenvalue weighted by atomic mass is 10.1. The molecule has 3 nitrogen and oxygen atoms in total. The molecule has 0 radical (unpaired) electrons. The first-order chi connectivity index (χ1) is 9.59. The van der Waals surface area contributed by atoms with Gasteiger partial charge in [0.15, 0.2) is 0 Å². The second-order valence-corrected chi connectivity index (χ2v) is 6.46. The maximum absolute atomic E-state index is 6.42. The Labute approximate surface area is 136 Å². The summed E-state index contributed by atoms with van der Waals surface area (Å²) in [4.78, 5) is 6.92. The van der Waals surface area contributed by atoms with Gasteiger partial charge in [0.2, 0.25) is 0 Å². The third-order valence-electron chi connectivity index (χ3n) is 3.55. The van der Waals surface area contributed by atoms with Gasteiger partial charge in [-0.15, -0.1) is 0 Å². The number of nitrogens with zero attached hydrogens (tertiary/aromatic N) is 2. The van der Waals surface area contributed by atoms with Crippen molar-refractivity contribution in [1.82, 2.24) is 10.3 Å². The average Bonchev–Trinajstić information content (AvgIpc) is 2.46. The minimum Gasteiger partial charge on any atom is -0.367 e. The zero-order chi connectivity index (χ0) is 14.3. The molecule has 1 aromatic heterocycles.